The van der Waals surface area contributed by atoms with Crippen LogP contribution >= 0.6 is 0 Å². The molecule has 1 heterocycles. The normalized spacial score (nSPS) is 27.0. The zero-order valence-electron chi connectivity index (χ0n) is 8.66. The Hall–Kier alpha value is -1.31. The summed E-state index contributed by atoms with van der Waals surface area (Å²) >= 11 is 0. The fourth-order valence-electron chi connectivity index (χ4n) is 2.09. The van der Waals surface area contributed by atoms with Gasteiger partial charge in [-0.05, 0) is 18.9 Å². The van der Waals surface area contributed by atoms with Gasteiger partial charge in [0.05, 0.1) is 5.41 Å². The molecule has 0 radical (unpaired) electrons. The maximum atomic E-state index is 12.0. The van der Waals surface area contributed by atoms with E-state index in [1.807, 2.05) is 49.2 Å². The monoisotopic (exact) mass is 189 g/mol. The summed E-state index contributed by atoms with van der Waals surface area (Å²) in [5.41, 5.74) is 0.838. The number of carbonyl (C=O) groups is 1. The van der Waals surface area contributed by atoms with Crippen molar-refractivity contribution in [3.8, 4) is 0 Å². The van der Waals surface area contributed by atoms with Gasteiger partial charge in [0.1, 0.15) is 0 Å². The number of likely N-dealkylation sites (tertiary alicyclic amines) is 1. The van der Waals surface area contributed by atoms with Crippen LogP contribution in [0.15, 0.2) is 30.3 Å². The van der Waals surface area contributed by atoms with E-state index in [4.69, 9.17) is 0 Å². The van der Waals surface area contributed by atoms with Crippen LogP contribution in [0, 0.1) is 0 Å². The zero-order chi connectivity index (χ0) is 10.2. The molecule has 0 saturated carbocycles. The van der Waals surface area contributed by atoms with E-state index in [-0.39, 0.29) is 11.3 Å². The minimum atomic E-state index is -0.296. The first kappa shape index (κ1) is 9.25. The molecule has 0 aliphatic carbocycles. The van der Waals surface area contributed by atoms with Gasteiger partial charge >= 0.3 is 0 Å². The van der Waals surface area contributed by atoms with Gasteiger partial charge in [-0.15, -0.1) is 0 Å². The number of likely N-dealkylation sites (N-methyl/N-ethyl adjacent to an activating group) is 1. The summed E-state index contributed by atoms with van der Waals surface area (Å²) < 4.78 is 0. The van der Waals surface area contributed by atoms with Crippen molar-refractivity contribution in [1.82, 2.24) is 4.90 Å². The number of nitrogens with zero attached hydrogens (tertiary/aromatic N) is 1. The molecule has 2 rings (SSSR count). The van der Waals surface area contributed by atoms with Crippen LogP contribution in [0.1, 0.15) is 18.9 Å². The molecule has 1 saturated heterocycles. The Labute approximate surface area is 84.5 Å². The van der Waals surface area contributed by atoms with Crippen molar-refractivity contribution in [2.24, 2.45) is 0 Å². The van der Waals surface area contributed by atoms with Gasteiger partial charge in [-0.3, -0.25) is 4.79 Å². The Morgan fingerprint density at radius 3 is 2.43 bits per heavy atom. The van der Waals surface area contributed by atoms with E-state index in [9.17, 15) is 4.79 Å². The molecule has 1 unspecified atom stereocenters. The Morgan fingerprint density at radius 2 is 1.93 bits per heavy atom. The average Bonchev–Trinajstić information content (AvgIpc) is 2.49. The molecule has 2 heteroatoms. The van der Waals surface area contributed by atoms with Crippen LogP contribution in [0.2, 0.25) is 0 Å². The highest BCUT2D eigenvalue weighted by molar-refractivity contribution is 5.89. The quantitative estimate of drug-likeness (QED) is 0.659. The Balaban J connectivity index is 2.39. The van der Waals surface area contributed by atoms with Gasteiger partial charge < -0.3 is 4.90 Å². The van der Waals surface area contributed by atoms with E-state index < -0.39 is 0 Å². The van der Waals surface area contributed by atoms with Crippen molar-refractivity contribution < 1.29 is 4.79 Å². The smallest absolute Gasteiger partial charge is 0.232 e. The SMILES string of the molecule is CN1CCC(C)(c2ccccc2)C1=O. The molecule has 1 fully saturated rings. The van der Waals surface area contributed by atoms with E-state index in [0.29, 0.717) is 0 Å². The molecule has 1 aromatic carbocycles. The predicted molar refractivity (Wildman–Crippen MR) is 56.0 cm³/mol. The number of rotatable bonds is 1. The van der Waals surface area contributed by atoms with Gasteiger partial charge in [-0.2, -0.15) is 0 Å². The van der Waals surface area contributed by atoms with Crippen molar-refractivity contribution >= 4 is 5.91 Å². The van der Waals surface area contributed by atoms with Crippen molar-refractivity contribution in [1.29, 1.82) is 0 Å². The number of carbonyl (C=O) groups excluding carboxylic acids is 1. The molecule has 0 bridgehead atoms. The summed E-state index contributed by atoms with van der Waals surface area (Å²) in [6, 6.07) is 10.0. The van der Waals surface area contributed by atoms with Gasteiger partial charge in [0.2, 0.25) is 5.91 Å². The van der Waals surface area contributed by atoms with Crippen LogP contribution in [-0.4, -0.2) is 24.4 Å². The topological polar surface area (TPSA) is 20.3 Å². The number of benzene rings is 1. The second kappa shape index (κ2) is 3.12. The fourth-order valence-corrected chi connectivity index (χ4v) is 2.09. The van der Waals surface area contributed by atoms with E-state index in [2.05, 4.69) is 0 Å². The molecule has 2 nitrogen and oxygen atoms in total. The van der Waals surface area contributed by atoms with Gasteiger partial charge in [0, 0.05) is 13.6 Å². The fraction of sp³-hybridized carbons (Fsp3) is 0.417. The second-order valence-corrected chi connectivity index (χ2v) is 4.17. The van der Waals surface area contributed by atoms with Gasteiger partial charge in [0.25, 0.3) is 0 Å². The van der Waals surface area contributed by atoms with Crippen molar-refractivity contribution in [3.05, 3.63) is 35.9 Å². The molecule has 1 atom stereocenters. The van der Waals surface area contributed by atoms with Crippen LogP contribution in [0.25, 0.3) is 0 Å². The lowest BCUT2D eigenvalue weighted by atomic mass is 9.81. The molecule has 0 spiro atoms. The number of hydrogen-bond donors (Lipinski definition) is 0. The van der Waals surface area contributed by atoms with E-state index in [1.165, 1.54) is 0 Å². The van der Waals surface area contributed by atoms with Gasteiger partial charge in [-0.1, -0.05) is 30.3 Å². The first-order valence-electron chi connectivity index (χ1n) is 4.96. The first-order valence-corrected chi connectivity index (χ1v) is 4.96. The van der Waals surface area contributed by atoms with Crippen LogP contribution in [0.3, 0.4) is 0 Å². The van der Waals surface area contributed by atoms with Crippen molar-refractivity contribution in [2.75, 3.05) is 13.6 Å². The third kappa shape index (κ3) is 1.22. The van der Waals surface area contributed by atoms with Gasteiger partial charge in [-0.25, -0.2) is 0 Å². The lowest BCUT2D eigenvalue weighted by Gasteiger charge is -2.22. The van der Waals surface area contributed by atoms with Crippen LogP contribution in [0.5, 0.6) is 0 Å². The summed E-state index contributed by atoms with van der Waals surface area (Å²) in [4.78, 5) is 13.8. The van der Waals surface area contributed by atoms with E-state index >= 15 is 0 Å². The molecule has 1 aliphatic rings. The first-order chi connectivity index (χ1) is 6.64. The molecule has 1 aliphatic heterocycles. The summed E-state index contributed by atoms with van der Waals surface area (Å²) in [5.74, 6) is 0.240. The van der Waals surface area contributed by atoms with E-state index in [1.54, 1.807) is 0 Å². The maximum Gasteiger partial charge on any atom is 0.232 e. The molecule has 0 aromatic heterocycles. The zero-order valence-corrected chi connectivity index (χ0v) is 8.66. The second-order valence-electron chi connectivity index (χ2n) is 4.17. The predicted octanol–water partition coefficient (Wildman–Crippen LogP) is 1.81. The maximum absolute atomic E-state index is 12.0. The standard InChI is InChI=1S/C12H15NO/c1-12(8-9-13(2)11(12)14)10-6-4-3-5-7-10/h3-7H,8-9H2,1-2H3. The van der Waals surface area contributed by atoms with Crippen molar-refractivity contribution in [2.45, 2.75) is 18.8 Å². The molecule has 14 heavy (non-hydrogen) atoms. The number of amides is 1. The minimum Gasteiger partial charge on any atom is -0.345 e. The molecular weight excluding hydrogens is 174 g/mol. The molecule has 0 N–H and O–H groups in total. The lowest BCUT2D eigenvalue weighted by molar-refractivity contribution is -0.130. The van der Waals surface area contributed by atoms with Crippen LogP contribution in [-0.2, 0) is 10.2 Å². The number of hydrogen-bond acceptors (Lipinski definition) is 1. The lowest BCUT2D eigenvalue weighted by Crippen LogP contribution is -2.33. The Morgan fingerprint density at radius 1 is 1.29 bits per heavy atom. The molecule has 1 aromatic rings. The van der Waals surface area contributed by atoms with Gasteiger partial charge in [0.15, 0.2) is 0 Å². The highest BCUT2D eigenvalue weighted by Gasteiger charge is 2.42. The van der Waals surface area contributed by atoms with Crippen LogP contribution < -0.4 is 0 Å². The van der Waals surface area contributed by atoms with E-state index in [0.717, 1.165) is 18.5 Å². The van der Waals surface area contributed by atoms with Crippen LogP contribution in [0.4, 0.5) is 0 Å². The highest BCUT2D eigenvalue weighted by atomic mass is 16.2. The Bertz CT molecular complexity index is 347. The molecule has 74 valence electrons. The molecular formula is C12H15NO. The summed E-state index contributed by atoms with van der Waals surface area (Å²) in [5, 5.41) is 0. The molecule has 1 amide bonds. The third-order valence-electron chi connectivity index (χ3n) is 3.18. The third-order valence-corrected chi connectivity index (χ3v) is 3.18. The Kier molecular flexibility index (Phi) is 2.06. The summed E-state index contributed by atoms with van der Waals surface area (Å²) in [7, 11) is 1.87. The summed E-state index contributed by atoms with van der Waals surface area (Å²) in [6.45, 7) is 2.90. The minimum absolute atomic E-state index is 0.240. The summed E-state index contributed by atoms with van der Waals surface area (Å²) in [6.07, 6.45) is 0.923. The largest absolute Gasteiger partial charge is 0.345 e. The van der Waals surface area contributed by atoms with Crippen molar-refractivity contribution in [3.63, 3.8) is 0 Å². The highest BCUT2D eigenvalue weighted by Crippen LogP contribution is 2.34. The average molecular weight is 189 g/mol.